The van der Waals surface area contributed by atoms with Crippen LogP contribution in [0.1, 0.15) is 209 Å². The average Bonchev–Trinajstić information content (AvgIpc) is 1.67. The van der Waals surface area contributed by atoms with Crippen molar-refractivity contribution < 1.29 is 193 Å². The van der Waals surface area contributed by atoms with Crippen molar-refractivity contribution in [1.82, 2.24) is 55.5 Å². The molecular formula is C77H120N12O44P6S3. The second-order valence-electron chi connectivity index (χ2n) is 31.6. The van der Waals surface area contributed by atoms with E-state index < -0.39 is 149 Å². The standard InChI is InChI=1S/C77H120N12O44P6S3/c1-5-31-118-65-43-56(45-67(72(65)122-33-7-3)120-34-19-38-140(109,110)111)75(94)80-27-17-29-87-49-58(83-85-87)51-124-63-41-55(42-64(60(63)22-16-25-78)125-52-59-50-88(86-84-59)30-18-28-81-76(95)57-44-66(119-32-6-2)73(123-36-21-40-142(115,116)117)68(46-57)121-35-20-39-141(112,113)114)61(90)23-12-8-9-13-24-70(92)79-26-14-10-11-15-37-126-134(97,98)129-136(101,102)131-138(105,106)133-139(107,108)132-137(103,104)130-135(99,100)127-53-69-62(91)47-71(128-69)89-48-54(4)74(93)82-77(89)96/h41-46,48-50,62,69,71,91H,5-40,47,51-53,78H2,1-4H3,(H,79,92)(H,80,94)(H,81,95)(H,97,98)(H,99,100)(H,101,102)(H,103,104)(H,105,106)(H,107,108)(H,82,93,96)(H,109,110,111)(H,112,113,114)(H,115,116,117)/t62-,69-,71-/m1/s1. The van der Waals surface area contributed by atoms with Crippen LogP contribution in [0.5, 0.6) is 46.0 Å². The summed E-state index contributed by atoms with van der Waals surface area (Å²) in [5.41, 5.74) is 6.15. The van der Waals surface area contributed by atoms with Crippen molar-refractivity contribution in [2.45, 2.75) is 207 Å². The van der Waals surface area contributed by atoms with Crippen molar-refractivity contribution in [3.05, 3.63) is 115 Å². The molecule has 9 atom stereocenters. The maximum absolute atomic E-state index is 14.3. The van der Waals surface area contributed by atoms with Crippen LogP contribution < -0.4 is 70.8 Å². The molecule has 7 rings (SSSR count). The molecule has 0 spiro atoms. The van der Waals surface area contributed by atoms with E-state index in [-0.39, 0.29) is 223 Å². The highest BCUT2D eigenvalue weighted by molar-refractivity contribution is 7.86. The number of hydrogen-bond donors (Lipinski definition) is 15. The number of aliphatic hydroxyl groups is 1. The van der Waals surface area contributed by atoms with Crippen molar-refractivity contribution >= 4 is 101 Å². The summed E-state index contributed by atoms with van der Waals surface area (Å²) in [6.07, 6.45) is 5.58. The first kappa shape index (κ1) is 121. The second-order valence-corrected chi connectivity index (χ2v) is 45.7. The third-order valence-corrected chi connectivity index (χ3v) is 31.0. The van der Waals surface area contributed by atoms with Gasteiger partial charge in [-0.05, 0) is 140 Å². The molecular weight excluding hydrogens is 2080 g/mol. The number of aromatic amines is 1. The van der Waals surface area contributed by atoms with Crippen LogP contribution in [0.3, 0.4) is 0 Å². The molecule has 3 aromatic heterocycles. The molecule has 1 aliphatic rings. The number of amides is 3. The van der Waals surface area contributed by atoms with Gasteiger partial charge in [0.15, 0.2) is 28.8 Å². The highest BCUT2D eigenvalue weighted by atomic mass is 32.2. The first-order chi connectivity index (χ1) is 66.8. The predicted octanol–water partition coefficient (Wildman–Crippen LogP) is 7.32. The molecule has 1 fully saturated rings. The number of aromatic nitrogens is 8. The summed E-state index contributed by atoms with van der Waals surface area (Å²) < 4.78 is 257. The lowest BCUT2D eigenvalue weighted by atomic mass is 9.99. The lowest BCUT2D eigenvalue weighted by molar-refractivity contribution is -0.121. The van der Waals surface area contributed by atoms with Crippen molar-refractivity contribution in [2.24, 2.45) is 5.73 Å². The van der Waals surface area contributed by atoms with Gasteiger partial charge in [-0.25, -0.2) is 32.2 Å². The molecule has 3 amide bonds. The Hall–Kier alpha value is -8.43. The number of unbranched alkanes of at least 4 members (excludes halogenated alkanes) is 6. The van der Waals surface area contributed by atoms with Crippen LogP contribution in [-0.2, 0) is 131 Å². The number of Topliss-reactive ketones (excluding diaryl/α,β-unsaturated/α-hetero) is 1. The number of benzene rings is 3. The number of H-pyrrole nitrogens is 1. The van der Waals surface area contributed by atoms with Crippen LogP contribution in [0.2, 0.25) is 0 Å². The Morgan fingerprint density at radius 1 is 0.479 bits per heavy atom. The molecule has 800 valence electrons. The number of ether oxygens (including phenoxy) is 9. The molecule has 65 heteroatoms. The number of hydrogen-bond acceptors (Lipinski definition) is 40. The molecule has 6 unspecified atom stereocenters. The Balaban J connectivity index is 0.900. The minimum absolute atomic E-state index is 0.0227. The Labute approximate surface area is 815 Å². The zero-order valence-electron chi connectivity index (χ0n) is 77.7. The molecule has 1 aliphatic heterocycles. The fraction of sp³-hybridized carbons (Fsp3) is 0.610. The van der Waals surface area contributed by atoms with Crippen molar-refractivity contribution in [1.29, 1.82) is 0 Å². The van der Waals surface area contributed by atoms with E-state index in [2.05, 4.69) is 67.2 Å². The zero-order chi connectivity index (χ0) is 105. The molecule has 0 saturated carbocycles. The largest absolute Gasteiger partial charge is 0.490 e. The molecule has 3 aromatic carbocycles. The fourth-order valence-electron chi connectivity index (χ4n) is 12.9. The van der Waals surface area contributed by atoms with Gasteiger partial charge in [0.2, 0.25) is 17.4 Å². The van der Waals surface area contributed by atoms with E-state index >= 15 is 0 Å². The van der Waals surface area contributed by atoms with Crippen LogP contribution in [-0.4, -0.2) is 245 Å². The van der Waals surface area contributed by atoms with Gasteiger partial charge in [0.05, 0.1) is 88.6 Å². The molecule has 56 nitrogen and oxygen atoms in total. The van der Waals surface area contributed by atoms with Gasteiger partial charge < -0.3 is 98.8 Å². The minimum atomic E-state index is -6.59. The fourth-order valence-corrected chi connectivity index (χ4v) is 22.2. The number of aryl methyl sites for hydroxylation is 3. The van der Waals surface area contributed by atoms with Crippen LogP contribution in [0, 0.1) is 6.92 Å². The third kappa shape index (κ3) is 45.3. The molecule has 0 aliphatic carbocycles. The monoisotopic (exact) mass is 2200 g/mol. The summed E-state index contributed by atoms with van der Waals surface area (Å²) in [5, 5.41) is 35.9. The highest BCUT2D eigenvalue weighted by Gasteiger charge is 2.50. The number of phosphoric acid groups is 6. The summed E-state index contributed by atoms with van der Waals surface area (Å²) in [5.74, 6) is -2.35. The summed E-state index contributed by atoms with van der Waals surface area (Å²) in [7, 11) is -50.5. The van der Waals surface area contributed by atoms with E-state index in [0.29, 0.717) is 100 Å². The van der Waals surface area contributed by atoms with Crippen LogP contribution in [0.15, 0.2) is 64.6 Å². The van der Waals surface area contributed by atoms with Crippen molar-refractivity contribution in [3.8, 4) is 46.0 Å². The number of nitrogens with zero attached hydrogens (tertiary/aromatic N) is 7. The molecule has 16 N–H and O–H groups in total. The number of rotatable bonds is 73. The Morgan fingerprint density at radius 3 is 1.34 bits per heavy atom. The molecule has 0 bridgehead atoms. The van der Waals surface area contributed by atoms with Crippen molar-refractivity contribution in [3.63, 3.8) is 0 Å². The molecule has 142 heavy (non-hydrogen) atoms. The van der Waals surface area contributed by atoms with Crippen LogP contribution in [0.25, 0.3) is 0 Å². The van der Waals surface area contributed by atoms with Gasteiger partial charge >= 0.3 is 52.6 Å². The minimum Gasteiger partial charge on any atom is -0.490 e. The number of phosphoric ester groups is 2. The number of carbonyl (C=O) groups excluding carboxylic acids is 4. The van der Waals surface area contributed by atoms with Gasteiger partial charge in [0.25, 0.3) is 47.7 Å². The van der Waals surface area contributed by atoms with Gasteiger partial charge in [0.1, 0.15) is 48.4 Å². The third-order valence-electron chi connectivity index (χ3n) is 19.4. The van der Waals surface area contributed by atoms with Gasteiger partial charge in [-0.2, -0.15) is 46.8 Å². The summed E-state index contributed by atoms with van der Waals surface area (Å²) in [4.78, 5) is 140. The van der Waals surface area contributed by atoms with Crippen LogP contribution in [0.4, 0.5) is 0 Å². The Kier molecular flexibility index (Phi) is 48.9. The summed E-state index contributed by atoms with van der Waals surface area (Å²) >= 11 is 0. The number of nitrogens with two attached hydrogens (primary N) is 1. The number of carbonyl (C=O) groups is 4. The zero-order valence-corrected chi connectivity index (χ0v) is 85.5. The average molecular weight is 2200 g/mol. The van der Waals surface area contributed by atoms with E-state index in [1.165, 1.54) is 35.9 Å². The predicted molar refractivity (Wildman–Crippen MR) is 497 cm³/mol. The number of nitrogens with one attached hydrogen (secondary N) is 4. The first-order valence-corrected chi connectivity index (χ1v) is 58.3. The van der Waals surface area contributed by atoms with E-state index in [4.69, 9.17) is 48.4 Å². The highest BCUT2D eigenvalue weighted by Crippen LogP contribution is 2.75. The lowest BCUT2D eigenvalue weighted by Crippen LogP contribution is -2.33. The van der Waals surface area contributed by atoms with Crippen LogP contribution >= 0.6 is 46.9 Å². The number of ketones is 1. The normalized spacial score (nSPS) is 16.6. The Morgan fingerprint density at radius 2 is 0.880 bits per heavy atom. The quantitative estimate of drug-likeness (QED) is 0.00769. The lowest BCUT2D eigenvalue weighted by Gasteiger charge is -2.21. The SMILES string of the molecule is CCCOc1cc(C(=O)NCCCn2cc(COc3cc(C(=O)CCCCCCC(=O)NCCCCCCOP(=O)(O)OP(=O)(O)OP(=O)(O)OP(=O)(O)OP(=O)(O)OP(=O)(O)OC[C@H]4O[C@@H](n5cc(C)c(=O)[nH]c5=O)C[C@H]4O)cc(OCc4cn(CCCNC(=O)c5cc(OCCC)c(OCCCS(=O)(=O)O)c(OCCCS(=O)(=O)O)c5)nn4)c3CCCN)nn2)cc(OCCCS(=O)(=O)O)c1OCCC. The molecule has 1 saturated heterocycles. The second kappa shape index (κ2) is 57.6. The Bertz CT molecular complexity index is 5980. The molecule has 6 aromatic rings. The molecule has 0 radical (unpaired) electrons. The molecule has 4 heterocycles. The topological polar surface area (TPSA) is 801 Å². The smallest absolute Gasteiger partial charge is 0.490 e. The van der Waals surface area contributed by atoms with E-state index in [9.17, 15) is 130 Å². The van der Waals surface area contributed by atoms with Gasteiger partial charge in [0, 0.05) is 86.0 Å². The van der Waals surface area contributed by atoms with E-state index in [0.717, 1.165) is 10.8 Å². The summed E-state index contributed by atoms with van der Waals surface area (Å²) in [6.45, 7) is 6.16. The van der Waals surface area contributed by atoms with E-state index in [1.54, 1.807) is 29.2 Å². The van der Waals surface area contributed by atoms with Gasteiger partial charge in [-0.1, -0.05) is 56.9 Å². The first-order valence-electron chi connectivity index (χ1n) is 44.5. The van der Waals surface area contributed by atoms with E-state index in [1.807, 2.05) is 25.8 Å². The van der Waals surface area contributed by atoms with Gasteiger partial charge in [-0.3, -0.25) is 65.6 Å². The number of aliphatic hydroxyl groups excluding tert-OH is 1. The summed E-state index contributed by atoms with van der Waals surface area (Å²) in [6, 6.07) is 8.87. The van der Waals surface area contributed by atoms with Crippen molar-refractivity contribution in [2.75, 3.05) is 96.3 Å². The van der Waals surface area contributed by atoms with Gasteiger partial charge in [-0.15, -0.1) is 10.2 Å². The maximum atomic E-state index is 14.3. The maximum Gasteiger partial charge on any atom is 0.490 e.